The van der Waals surface area contributed by atoms with Crippen LogP contribution in [0.25, 0.3) is 0 Å². The van der Waals surface area contributed by atoms with Crippen LogP contribution >= 0.6 is 12.4 Å². The molecule has 0 saturated carbocycles. The van der Waals surface area contributed by atoms with Crippen LogP contribution in [0.2, 0.25) is 0 Å². The zero-order chi connectivity index (χ0) is 13.9. The van der Waals surface area contributed by atoms with Gasteiger partial charge in [0.05, 0.1) is 19.6 Å². The van der Waals surface area contributed by atoms with Gasteiger partial charge in [0.1, 0.15) is 0 Å². The third-order valence-corrected chi connectivity index (χ3v) is 3.05. The van der Waals surface area contributed by atoms with E-state index < -0.39 is 11.5 Å². The average Bonchev–Trinajstić information content (AvgIpc) is 2.37. The SMILES string of the molecule is COC(=O)C(C)(C)[C@H](N)c1ccc(O)c(OC)c1.Cl. The number of phenols is 1. The second-order valence-electron chi connectivity index (χ2n) is 4.62. The van der Waals surface area contributed by atoms with Gasteiger partial charge in [-0.25, -0.2) is 0 Å². The minimum Gasteiger partial charge on any atom is -0.504 e. The van der Waals surface area contributed by atoms with Crippen molar-refractivity contribution in [2.75, 3.05) is 14.2 Å². The number of ether oxygens (including phenoxy) is 2. The first kappa shape index (κ1) is 17.5. The van der Waals surface area contributed by atoms with E-state index in [1.807, 2.05) is 0 Å². The Hall–Kier alpha value is -1.46. The third-order valence-electron chi connectivity index (χ3n) is 3.05. The lowest BCUT2D eigenvalue weighted by atomic mass is 9.81. The summed E-state index contributed by atoms with van der Waals surface area (Å²) in [5.41, 5.74) is 5.92. The molecular formula is C13H20ClNO4. The summed E-state index contributed by atoms with van der Waals surface area (Å²) in [5, 5.41) is 9.52. The zero-order valence-corrected chi connectivity index (χ0v) is 12.3. The molecule has 108 valence electrons. The smallest absolute Gasteiger partial charge is 0.313 e. The van der Waals surface area contributed by atoms with Gasteiger partial charge in [-0.2, -0.15) is 0 Å². The maximum atomic E-state index is 11.7. The normalized spacial score (nSPS) is 12.3. The molecule has 0 unspecified atom stereocenters. The number of hydrogen-bond acceptors (Lipinski definition) is 5. The molecule has 0 saturated heterocycles. The van der Waals surface area contributed by atoms with Gasteiger partial charge in [-0.1, -0.05) is 6.07 Å². The van der Waals surface area contributed by atoms with Crippen LogP contribution < -0.4 is 10.5 Å². The summed E-state index contributed by atoms with van der Waals surface area (Å²) in [4.78, 5) is 11.7. The molecule has 0 amide bonds. The van der Waals surface area contributed by atoms with Crippen LogP contribution in [0.4, 0.5) is 0 Å². The largest absolute Gasteiger partial charge is 0.504 e. The standard InChI is InChI=1S/C13H19NO4.ClH/c1-13(2,12(16)18-4)11(14)8-5-6-9(15)10(7-8)17-3;/h5-7,11,15H,14H2,1-4H3;1H/t11-;/m1./s1. The van der Waals surface area contributed by atoms with E-state index in [0.29, 0.717) is 11.3 Å². The molecule has 3 N–H and O–H groups in total. The number of rotatable bonds is 4. The molecule has 0 fully saturated rings. The van der Waals surface area contributed by atoms with E-state index in [2.05, 4.69) is 0 Å². The highest BCUT2D eigenvalue weighted by Crippen LogP contribution is 2.36. The van der Waals surface area contributed by atoms with E-state index in [0.717, 1.165) is 0 Å². The number of phenolic OH excluding ortho intramolecular Hbond substituents is 1. The van der Waals surface area contributed by atoms with Crippen molar-refractivity contribution in [2.45, 2.75) is 19.9 Å². The Labute approximate surface area is 119 Å². The number of aromatic hydroxyl groups is 1. The summed E-state index contributed by atoms with van der Waals surface area (Å²) in [6.45, 7) is 3.42. The Morgan fingerprint density at radius 1 is 1.37 bits per heavy atom. The van der Waals surface area contributed by atoms with Crippen LogP contribution in [-0.4, -0.2) is 25.3 Å². The van der Waals surface area contributed by atoms with Crippen molar-refractivity contribution < 1.29 is 19.4 Å². The summed E-state index contributed by atoms with van der Waals surface area (Å²) in [6, 6.07) is 4.21. The Bertz CT molecular complexity index is 448. The molecule has 1 atom stereocenters. The molecule has 0 bridgehead atoms. The Kier molecular flexibility index (Phi) is 6.12. The van der Waals surface area contributed by atoms with Crippen molar-refractivity contribution in [3.63, 3.8) is 0 Å². The molecule has 0 aromatic heterocycles. The lowest BCUT2D eigenvalue weighted by Crippen LogP contribution is -2.37. The summed E-state index contributed by atoms with van der Waals surface area (Å²) >= 11 is 0. The summed E-state index contributed by atoms with van der Waals surface area (Å²) in [5.74, 6) is -0.0324. The molecule has 6 heteroatoms. The maximum Gasteiger partial charge on any atom is 0.313 e. The number of nitrogens with two attached hydrogens (primary N) is 1. The molecule has 5 nitrogen and oxygen atoms in total. The van der Waals surface area contributed by atoms with Crippen molar-refractivity contribution in [3.8, 4) is 11.5 Å². The van der Waals surface area contributed by atoms with Crippen molar-refractivity contribution in [2.24, 2.45) is 11.1 Å². The predicted octanol–water partition coefficient (Wildman–Crippen LogP) is 2.02. The van der Waals surface area contributed by atoms with E-state index in [-0.39, 0.29) is 24.1 Å². The number of carbonyl (C=O) groups excluding carboxylic acids is 1. The number of carbonyl (C=O) groups is 1. The molecule has 0 heterocycles. The van der Waals surface area contributed by atoms with Gasteiger partial charge in [-0.3, -0.25) is 4.79 Å². The lowest BCUT2D eigenvalue weighted by molar-refractivity contribution is -0.152. The van der Waals surface area contributed by atoms with Gasteiger partial charge in [0.15, 0.2) is 11.5 Å². The van der Waals surface area contributed by atoms with E-state index in [1.54, 1.807) is 26.0 Å². The van der Waals surface area contributed by atoms with Crippen LogP contribution in [-0.2, 0) is 9.53 Å². The second-order valence-corrected chi connectivity index (χ2v) is 4.62. The molecule has 1 rings (SSSR count). The molecule has 0 aliphatic carbocycles. The van der Waals surface area contributed by atoms with Gasteiger partial charge in [-0.05, 0) is 31.5 Å². The van der Waals surface area contributed by atoms with Gasteiger partial charge in [-0.15, -0.1) is 12.4 Å². The minimum atomic E-state index is -0.864. The molecule has 1 aromatic carbocycles. The molecule has 0 spiro atoms. The van der Waals surface area contributed by atoms with Crippen LogP contribution in [0.1, 0.15) is 25.5 Å². The van der Waals surface area contributed by atoms with E-state index in [4.69, 9.17) is 15.2 Å². The number of esters is 1. The first-order chi connectivity index (χ1) is 8.34. The van der Waals surface area contributed by atoms with Gasteiger partial charge in [0.25, 0.3) is 0 Å². The molecule has 0 aliphatic heterocycles. The maximum absolute atomic E-state index is 11.7. The molecule has 0 aliphatic rings. The highest BCUT2D eigenvalue weighted by molar-refractivity contribution is 5.85. The average molecular weight is 290 g/mol. The van der Waals surface area contributed by atoms with Gasteiger partial charge in [0.2, 0.25) is 0 Å². The first-order valence-electron chi connectivity index (χ1n) is 5.55. The Balaban J connectivity index is 0.00000324. The van der Waals surface area contributed by atoms with Crippen molar-refractivity contribution in [1.82, 2.24) is 0 Å². The minimum absolute atomic E-state index is 0. The van der Waals surface area contributed by atoms with Crippen molar-refractivity contribution in [1.29, 1.82) is 0 Å². The van der Waals surface area contributed by atoms with Crippen molar-refractivity contribution >= 4 is 18.4 Å². The molecular weight excluding hydrogens is 270 g/mol. The fourth-order valence-corrected chi connectivity index (χ4v) is 1.69. The van der Waals surface area contributed by atoms with E-state index >= 15 is 0 Å². The van der Waals surface area contributed by atoms with Crippen LogP contribution in [0, 0.1) is 5.41 Å². The first-order valence-corrected chi connectivity index (χ1v) is 5.55. The van der Waals surface area contributed by atoms with Crippen LogP contribution in [0.3, 0.4) is 0 Å². The Morgan fingerprint density at radius 3 is 2.42 bits per heavy atom. The highest BCUT2D eigenvalue weighted by Gasteiger charge is 2.36. The second kappa shape index (κ2) is 6.63. The lowest BCUT2D eigenvalue weighted by Gasteiger charge is -2.29. The monoisotopic (exact) mass is 289 g/mol. The molecule has 1 aromatic rings. The summed E-state index contributed by atoms with van der Waals surface area (Å²) < 4.78 is 9.75. The topological polar surface area (TPSA) is 81.8 Å². The number of hydrogen-bond donors (Lipinski definition) is 2. The Morgan fingerprint density at radius 2 is 1.95 bits per heavy atom. The third kappa shape index (κ3) is 3.52. The summed E-state index contributed by atoms with van der Waals surface area (Å²) in [6.07, 6.45) is 0. The zero-order valence-electron chi connectivity index (χ0n) is 11.5. The molecule has 19 heavy (non-hydrogen) atoms. The van der Waals surface area contributed by atoms with Gasteiger partial charge >= 0.3 is 5.97 Å². The molecule has 0 radical (unpaired) electrons. The summed E-state index contributed by atoms with van der Waals surface area (Å²) in [7, 11) is 2.78. The number of methoxy groups -OCH3 is 2. The fraction of sp³-hybridized carbons (Fsp3) is 0.462. The van der Waals surface area contributed by atoms with E-state index in [1.165, 1.54) is 20.3 Å². The highest BCUT2D eigenvalue weighted by atomic mass is 35.5. The van der Waals surface area contributed by atoms with Crippen LogP contribution in [0.5, 0.6) is 11.5 Å². The quantitative estimate of drug-likeness (QED) is 0.829. The van der Waals surface area contributed by atoms with Crippen LogP contribution in [0.15, 0.2) is 18.2 Å². The van der Waals surface area contributed by atoms with Gasteiger partial charge in [0, 0.05) is 6.04 Å². The fourth-order valence-electron chi connectivity index (χ4n) is 1.69. The van der Waals surface area contributed by atoms with Crippen molar-refractivity contribution in [3.05, 3.63) is 23.8 Å². The van der Waals surface area contributed by atoms with Gasteiger partial charge < -0.3 is 20.3 Å². The number of benzene rings is 1. The predicted molar refractivity (Wildman–Crippen MR) is 74.6 cm³/mol. The van der Waals surface area contributed by atoms with E-state index in [9.17, 15) is 9.90 Å². The number of halogens is 1.